The summed E-state index contributed by atoms with van der Waals surface area (Å²) in [7, 11) is 0. The second-order valence-electron chi connectivity index (χ2n) is 6.22. The molecular weight excluding hydrogens is 305 g/mol. The Hall–Kier alpha value is -2.40. The van der Waals surface area contributed by atoms with Crippen molar-refractivity contribution in [3.63, 3.8) is 0 Å². The molecule has 1 aliphatic heterocycles. The quantitative estimate of drug-likeness (QED) is 0.800. The van der Waals surface area contributed by atoms with Crippen LogP contribution in [-0.2, 0) is 0 Å². The Morgan fingerprint density at radius 1 is 1.17 bits per heavy atom. The van der Waals surface area contributed by atoms with Crippen LogP contribution < -0.4 is 10.1 Å². The first-order valence-electron chi connectivity index (χ1n) is 8.33. The van der Waals surface area contributed by atoms with E-state index in [-0.39, 0.29) is 11.9 Å². The first-order chi connectivity index (χ1) is 11.7. The molecule has 4 rings (SSSR count). The number of nitrogens with one attached hydrogen (secondary N) is 1. The van der Waals surface area contributed by atoms with Crippen LogP contribution in [0.15, 0.2) is 42.5 Å². The fraction of sp³-hybridized carbons (Fsp3) is 0.316. The number of fused-ring (bicyclic) bond motifs is 1. The predicted octanol–water partition coefficient (Wildman–Crippen LogP) is 3.60. The highest BCUT2D eigenvalue weighted by Gasteiger charge is 2.16. The summed E-state index contributed by atoms with van der Waals surface area (Å²) >= 11 is 0. The summed E-state index contributed by atoms with van der Waals surface area (Å²) in [5, 5.41) is 8.95. The smallest absolute Gasteiger partial charge is 0.125 e. The summed E-state index contributed by atoms with van der Waals surface area (Å²) in [5.41, 5.74) is 2.58. The fourth-order valence-electron chi connectivity index (χ4n) is 3.23. The molecule has 1 aromatic heterocycles. The van der Waals surface area contributed by atoms with Gasteiger partial charge in [0.1, 0.15) is 17.7 Å². The second kappa shape index (κ2) is 6.24. The van der Waals surface area contributed by atoms with Crippen LogP contribution in [0.3, 0.4) is 0 Å². The van der Waals surface area contributed by atoms with Gasteiger partial charge in [-0.3, -0.25) is 0 Å². The summed E-state index contributed by atoms with van der Waals surface area (Å²) in [6.45, 7) is 3.97. The maximum absolute atomic E-state index is 13.5. The number of hydrogen-bond donors (Lipinski definition) is 1. The molecule has 0 spiro atoms. The first-order valence-corrected chi connectivity index (χ1v) is 8.33. The van der Waals surface area contributed by atoms with Crippen molar-refractivity contribution in [2.24, 2.45) is 0 Å². The highest BCUT2D eigenvalue weighted by Crippen LogP contribution is 2.27. The fourth-order valence-corrected chi connectivity index (χ4v) is 3.23. The number of piperidine rings is 1. The van der Waals surface area contributed by atoms with Gasteiger partial charge in [-0.1, -0.05) is 6.07 Å². The summed E-state index contributed by atoms with van der Waals surface area (Å²) in [4.78, 5) is 0. The van der Waals surface area contributed by atoms with E-state index in [2.05, 4.69) is 10.4 Å². The van der Waals surface area contributed by atoms with Gasteiger partial charge < -0.3 is 10.1 Å². The van der Waals surface area contributed by atoms with Gasteiger partial charge in [0, 0.05) is 5.39 Å². The Kier molecular flexibility index (Phi) is 3.94. The van der Waals surface area contributed by atoms with Gasteiger partial charge in [0.25, 0.3) is 0 Å². The van der Waals surface area contributed by atoms with Crippen LogP contribution in [0, 0.1) is 12.7 Å². The summed E-state index contributed by atoms with van der Waals surface area (Å²) in [6, 6.07) is 12.5. The number of aromatic nitrogens is 2. The lowest BCUT2D eigenvalue weighted by Crippen LogP contribution is -2.34. The summed E-state index contributed by atoms with van der Waals surface area (Å²) in [5.74, 6) is 0.607. The third-order valence-electron chi connectivity index (χ3n) is 4.48. The van der Waals surface area contributed by atoms with Crippen molar-refractivity contribution in [3.05, 3.63) is 54.0 Å². The van der Waals surface area contributed by atoms with Crippen LogP contribution >= 0.6 is 0 Å². The molecule has 5 heteroatoms. The molecule has 1 fully saturated rings. The Morgan fingerprint density at radius 2 is 2.00 bits per heavy atom. The number of hydrogen-bond acceptors (Lipinski definition) is 3. The lowest BCUT2D eigenvalue weighted by molar-refractivity contribution is 0.162. The zero-order chi connectivity index (χ0) is 16.5. The highest BCUT2D eigenvalue weighted by atomic mass is 19.1. The van der Waals surface area contributed by atoms with E-state index >= 15 is 0 Å². The lowest BCUT2D eigenvalue weighted by Gasteiger charge is -2.23. The molecule has 1 aliphatic rings. The Morgan fingerprint density at radius 3 is 2.79 bits per heavy atom. The van der Waals surface area contributed by atoms with Crippen molar-refractivity contribution in [1.29, 1.82) is 0 Å². The van der Waals surface area contributed by atoms with E-state index in [0.29, 0.717) is 0 Å². The van der Waals surface area contributed by atoms with Crippen LogP contribution in [0.5, 0.6) is 5.75 Å². The predicted molar refractivity (Wildman–Crippen MR) is 92.3 cm³/mol. The Balaban J connectivity index is 1.69. The SMILES string of the molecule is Cc1nn(-c2cccc(F)c2)c2ccc(OC3CCNCC3)cc12. The van der Waals surface area contributed by atoms with Crippen LogP contribution in [0.2, 0.25) is 0 Å². The van der Waals surface area contributed by atoms with Gasteiger partial charge in [-0.05, 0) is 69.3 Å². The third kappa shape index (κ3) is 2.87. The van der Waals surface area contributed by atoms with E-state index in [1.165, 1.54) is 12.1 Å². The van der Waals surface area contributed by atoms with Crippen LogP contribution in [0.25, 0.3) is 16.6 Å². The minimum atomic E-state index is -0.264. The molecule has 2 heterocycles. The summed E-state index contributed by atoms with van der Waals surface area (Å²) < 4.78 is 21.4. The van der Waals surface area contributed by atoms with E-state index in [0.717, 1.165) is 54.0 Å². The first kappa shape index (κ1) is 15.1. The van der Waals surface area contributed by atoms with Crippen molar-refractivity contribution in [1.82, 2.24) is 15.1 Å². The third-order valence-corrected chi connectivity index (χ3v) is 4.48. The molecule has 2 aromatic carbocycles. The van der Waals surface area contributed by atoms with Gasteiger partial charge in [-0.15, -0.1) is 0 Å². The molecule has 4 nitrogen and oxygen atoms in total. The zero-order valence-electron chi connectivity index (χ0n) is 13.6. The molecule has 3 aromatic rings. The van der Waals surface area contributed by atoms with Gasteiger partial charge in [0.05, 0.1) is 16.9 Å². The minimum Gasteiger partial charge on any atom is -0.490 e. The number of nitrogens with zero attached hydrogens (tertiary/aromatic N) is 2. The van der Waals surface area contributed by atoms with Crippen LogP contribution in [-0.4, -0.2) is 29.0 Å². The number of rotatable bonds is 3. The minimum absolute atomic E-state index is 0.264. The van der Waals surface area contributed by atoms with Crippen molar-refractivity contribution in [2.75, 3.05) is 13.1 Å². The largest absolute Gasteiger partial charge is 0.490 e. The van der Waals surface area contributed by atoms with E-state index in [9.17, 15) is 4.39 Å². The molecular formula is C19H20FN3O. The lowest BCUT2D eigenvalue weighted by atomic mass is 10.1. The molecule has 24 heavy (non-hydrogen) atoms. The molecule has 0 aliphatic carbocycles. The maximum atomic E-state index is 13.5. The molecule has 0 bridgehead atoms. The van der Waals surface area contributed by atoms with Gasteiger partial charge in [-0.2, -0.15) is 5.10 Å². The van der Waals surface area contributed by atoms with Gasteiger partial charge in [-0.25, -0.2) is 9.07 Å². The van der Waals surface area contributed by atoms with E-state index < -0.39 is 0 Å². The molecule has 0 radical (unpaired) electrons. The molecule has 124 valence electrons. The van der Waals surface area contributed by atoms with Crippen molar-refractivity contribution >= 4 is 10.9 Å². The normalized spacial score (nSPS) is 15.8. The molecule has 0 unspecified atom stereocenters. The molecule has 1 saturated heterocycles. The van der Waals surface area contributed by atoms with E-state index in [4.69, 9.17) is 4.74 Å². The van der Waals surface area contributed by atoms with E-state index in [1.54, 1.807) is 10.7 Å². The van der Waals surface area contributed by atoms with Crippen LogP contribution in [0.1, 0.15) is 18.5 Å². The molecule has 0 atom stereocenters. The van der Waals surface area contributed by atoms with Crippen LogP contribution in [0.4, 0.5) is 4.39 Å². The maximum Gasteiger partial charge on any atom is 0.125 e. The van der Waals surface area contributed by atoms with Crippen molar-refractivity contribution < 1.29 is 9.13 Å². The monoisotopic (exact) mass is 325 g/mol. The summed E-state index contributed by atoms with van der Waals surface area (Å²) in [6.07, 6.45) is 2.32. The van der Waals surface area contributed by atoms with Gasteiger partial charge >= 0.3 is 0 Å². The number of halogens is 1. The average Bonchev–Trinajstić information content (AvgIpc) is 2.92. The van der Waals surface area contributed by atoms with Crippen molar-refractivity contribution in [2.45, 2.75) is 25.9 Å². The molecule has 1 N–H and O–H groups in total. The number of aryl methyl sites for hydroxylation is 1. The van der Waals surface area contributed by atoms with Crippen molar-refractivity contribution in [3.8, 4) is 11.4 Å². The Labute approximate surface area is 140 Å². The topological polar surface area (TPSA) is 39.1 Å². The van der Waals surface area contributed by atoms with Gasteiger partial charge in [0.2, 0.25) is 0 Å². The molecule has 0 saturated carbocycles. The average molecular weight is 325 g/mol. The molecule has 0 amide bonds. The zero-order valence-corrected chi connectivity index (χ0v) is 13.6. The standard InChI is InChI=1S/C19H20FN3O/c1-13-18-12-17(24-16-7-9-21-10-8-16)5-6-19(18)23(22-13)15-4-2-3-14(20)11-15/h2-6,11-12,16,21H,7-10H2,1H3. The van der Waals surface area contributed by atoms with Gasteiger partial charge in [0.15, 0.2) is 0 Å². The number of ether oxygens (including phenoxy) is 1. The van der Waals surface area contributed by atoms with E-state index in [1.807, 2.05) is 31.2 Å². The second-order valence-corrected chi connectivity index (χ2v) is 6.22. The number of benzene rings is 2. The Bertz CT molecular complexity index is 868. The highest BCUT2D eigenvalue weighted by molar-refractivity contribution is 5.84.